The molecule has 1 aromatic carbocycles. The number of carbonyl (C=O) groups is 1. The minimum Gasteiger partial charge on any atom is -0.458 e. The van der Waals surface area contributed by atoms with E-state index in [-0.39, 0.29) is 17.3 Å². The number of allylic oxidation sites excluding steroid dienone is 1. The van der Waals surface area contributed by atoms with Crippen LogP contribution in [0.25, 0.3) is 0 Å². The fourth-order valence-corrected chi connectivity index (χ4v) is 2.39. The molecule has 4 nitrogen and oxygen atoms in total. The molecule has 116 valence electrons. The first-order valence-corrected chi connectivity index (χ1v) is 6.86. The Labute approximate surface area is 131 Å². The summed E-state index contributed by atoms with van der Waals surface area (Å²) in [4.78, 5) is 12.2. The lowest BCUT2D eigenvalue weighted by molar-refractivity contribution is -0.138. The molecule has 1 aliphatic heterocycles. The molecule has 0 aliphatic carbocycles. The van der Waals surface area contributed by atoms with E-state index in [2.05, 4.69) is 17.2 Å². The smallest absolute Gasteiger partial charge is 0.338 e. The van der Waals surface area contributed by atoms with Gasteiger partial charge in [0, 0.05) is 5.70 Å². The first-order valence-electron chi connectivity index (χ1n) is 6.45. The summed E-state index contributed by atoms with van der Waals surface area (Å²) in [5, 5.41) is 5.97. The molecular weight excluding hydrogens is 310 g/mol. The normalized spacial score (nSPS) is 17.6. The number of benzene rings is 1. The number of halogens is 2. The van der Waals surface area contributed by atoms with Crippen molar-refractivity contribution in [3.05, 3.63) is 59.3 Å². The van der Waals surface area contributed by atoms with Gasteiger partial charge in [-0.05, 0) is 36.8 Å². The van der Waals surface area contributed by atoms with Crippen LogP contribution in [0.15, 0.2) is 42.1 Å². The fourth-order valence-electron chi connectivity index (χ4n) is 2.12. The number of rotatable bonds is 4. The highest BCUT2D eigenvalue weighted by Crippen LogP contribution is 2.28. The van der Waals surface area contributed by atoms with Gasteiger partial charge in [0.2, 0.25) is 0 Å². The van der Waals surface area contributed by atoms with E-state index < -0.39 is 23.6 Å². The van der Waals surface area contributed by atoms with E-state index in [9.17, 15) is 13.6 Å². The van der Waals surface area contributed by atoms with Crippen molar-refractivity contribution in [3.8, 4) is 0 Å². The maximum absolute atomic E-state index is 13.5. The van der Waals surface area contributed by atoms with Gasteiger partial charge in [0.05, 0.1) is 11.6 Å². The molecular formula is C15H14F2N2O2S. The van der Waals surface area contributed by atoms with Crippen LogP contribution < -0.4 is 10.6 Å². The van der Waals surface area contributed by atoms with Gasteiger partial charge in [-0.25, -0.2) is 13.6 Å². The van der Waals surface area contributed by atoms with E-state index in [0.29, 0.717) is 11.3 Å². The Morgan fingerprint density at radius 1 is 1.45 bits per heavy atom. The zero-order chi connectivity index (χ0) is 16.3. The summed E-state index contributed by atoms with van der Waals surface area (Å²) in [5.41, 5.74) is 1.11. The van der Waals surface area contributed by atoms with Crippen LogP contribution in [0.2, 0.25) is 0 Å². The summed E-state index contributed by atoms with van der Waals surface area (Å²) in [5.74, 6) is -2.55. The van der Waals surface area contributed by atoms with Crippen LogP contribution in [0.5, 0.6) is 0 Å². The van der Waals surface area contributed by atoms with Crippen molar-refractivity contribution < 1.29 is 18.3 Å². The lowest BCUT2D eigenvalue weighted by Crippen LogP contribution is -2.45. The molecule has 0 radical (unpaired) electrons. The third-order valence-corrected chi connectivity index (χ3v) is 3.32. The summed E-state index contributed by atoms with van der Waals surface area (Å²) >= 11 is 5.05. The molecule has 7 heteroatoms. The molecule has 1 aromatic rings. The Bertz CT molecular complexity index is 674. The topological polar surface area (TPSA) is 50.4 Å². The highest BCUT2D eigenvalue weighted by Gasteiger charge is 2.31. The van der Waals surface area contributed by atoms with E-state index in [1.807, 2.05) is 0 Å². The van der Waals surface area contributed by atoms with Crippen LogP contribution in [0.3, 0.4) is 0 Å². The molecule has 0 saturated heterocycles. The predicted octanol–water partition coefficient (Wildman–Crippen LogP) is 2.49. The van der Waals surface area contributed by atoms with Crippen molar-refractivity contribution in [2.45, 2.75) is 13.0 Å². The molecule has 22 heavy (non-hydrogen) atoms. The standard InChI is InChI=1S/C15H14F2N2O2S/c1-3-6-21-14(20)12-8(2)18-15(22)19-13(12)9-4-5-10(16)11(17)7-9/h3-5,7,13H,1,6H2,2H3,(H2,18,19,22)/t13-/m0/s1. The van der Waals surface area contributed by atoms with Gasteiger partial charge in [-0.1, -0.05) is 18.7 Å². The molecule has 1 atom stereocenters. The van der Waals surface area contributed by atoms with Gasteiger partial charge >= 0.3 is 5.97 Å². The summed E-state index contributed by atoms with van der Waals surface area (Å²) < 4.78 is 31.6. The van der Waals surface area contributed by atoms with Gasteiger partial charge in [0.1, 0.15) is 6.61 Å². The lowest BCUT2D eigenvalue weighted by atomic mass is 9.95. The summed E-state index contributed by atoms with van der Waals surface area (Å²) in [6.45, 7) is 5.17. The van der Waals surface area contributed by atoms with Crippen LogP contribution in [0, 0.1) is 11.6 Å². The number of esters is 1. The van der Waals surface area contributed by atoms with Crippen molar-refractivity contribution in [1.82, 2.24) is 10.6 Å². The Hall–Kier alpha value is -2.28. The van der Waals surface area contributed by atoms with E-state index in [1.54, 1.807) is 6.92 Å². The van der Waals surface area contributed by atoms with Crippen molar-refractivity contribution in [2.75, 3.05) is 6.61 Å². The van der Waals surface area contributed by atoms with Crippen LogP contribution >= 0.6 is 12.2 Å². The molecule has 0 unspecified atom stereocenters. The van der Waals surface area contributed by atoms with Gasteiger partial charge < -0.3 is 15.4 Å². The van der Waals surface area contributed by atoms with E-state index in [4.69, 9.17) is 17.0 Å². The molecule has 0 fully saturated rings. The molecule has 0 bridgehead atoms. The van der Waals surface area contributed by atoms with Crippen LogP contribution in [-0.4, -0.2) is 17.7 Å². The molecule has 0 saturated carbocycles. The fraction of sp³-hybridized carbons (Fsp3) is 0.200. The average Bonchev–Trinajstić information content (AvgIpc) is 2.46. The lowest BCUT2D eigenvalue weighted by Gasteiger charge is -2.29. The van der Waals surface area contributed by atoms with Crippen molar-refractivity contribution >= 4 is 23.3 Å². The number of ether oxygens (including phenoxy) is 1. The number of nitrogens with one attached hydrogen (secondary N) is 2. The molecule has 1 heterocycles. The average molecular weight is 324 g/mol. The van der Waals surface area contributed by atoms with Crippen LogP contribution in [0.4, 0.5) is 8.78 Å². The van der Waals surface area contributed by atoms with Crippen molar-refractivity contribution in [1.29, 1.82) is 0 Å². The number of hydrogen-bond acceptors (Lipinski definition) is 3. The second-order valence-corrected chi connectivity index (χ2v) is 5.04. The molecule has 1 aliphatic rings. The third-order valence-electron chi connectivity index (χ3n) is 3.10. The van der Waals surface area contributed by atoms with Gasteiger partial charge in [-0.15, -0.1) is 0 Å². The van der Waals surface area contributed by atoms with Crippen LogP contribution in [0.1, 0.15) is 18.5 Å². The molecule has 2 N–H and O–H groups in total. The first kappa shape index (κ1) is 16.1. The Kier molecular flexibility index (Phi) is 4.87. The SMILES string of the molecule is C=CCOC(=O)C1=C(C)NC(=S)N[C@H]1c1ccc(F)c(F)c1. The number of thiocarbonyl (C=S) groups is 1. The largest absolute Gasteiger partial charge is 0.458 e. The monoisotopic (exact) mass is 324 g/mol. The Morgan fingerprint density at radius 3 is 2.82 bits per heavy atom. The van der Waals surface area contributed by atoms with E-state index in [0.717, 1.165) is 12.1 Å². The molecule has 2 rings (SSSR count). The van der Waals surface area contributed by atoms with Gasteiger partial charge in [0.15, 0.2) is 16.7 Å². The first-order chi connectivity index (χ1) is 10.4. The van der Waals surface area contributed by atoms with Crippen molar-refractivity contribution in [3.63, 3.8) is 0 Å². The second-order valence-electron chi connectivity index (χ2n) is 4.63. The van der Waals surface area contributed by atoms with Crippen LogP contribution in [-0.2, 0) is 9.53 Å². The van der Waals surface area contributed by atoms with Crippen molar-refractivity contribution in [2.24, 2.45) is 0 Å². The summed E-state index contributed by atoms with van der Waals surface area (Å²) in [6.07, 6.45) is 1.44. The maximum atomic E-state index is 13.5. The predicted molar refractivity (Wildman–Crippen MR) is 81.8 cm³/mol. The number of hydrogen-bond donors (Lipinski definition) is 2. The molecule has 0 aromatic heterocycles. The van der Waals surface area contributed by atoms with Gasteiger partial charge in [-0.2, -0.15) is 0 Å². The highest BCUT2D eigenvalue weighted by atomic mass is 32.1. The summed E-state index contributed by atoms with van der Waals surface area (Å²) in [6, 6.07) is 2.69. The number of carbonyl (C=O) groups excluding carboxylic acids is 1. The zero-order valence-electron chi connectivity index (χ0n) is 11.8. The highest BCUT2D eigenvalue weighted by molar-refractivity contribution is 7.80. The summed E-state index contributed by atoms with van der Waals surface area (Å²) in [7, 11) is 0. The third kappa shape index (κ3) is 3.30. The van der Waals surface area contributed by atoms with E-state index >= 15 is 0 Å². The quantitative estimate of drug-likeness (QED) is 0.506. The minimum atomic E-state index is -1.000. The Morgan fingerprint density at radius 2 is 2.18 bits per heavy atom. The maximum Gasteiger partial charge on any atom is 0.338 e. The second kappa shape index (κ2) is 6.65. The molecule has 0 amide bonds. The van der Waals surface area contributed by atoms with Gasteiger partial charge in [-0.3, -0.25) is 0 Å². The minimum absolute atomic E-state index is 0.0462. The Balaban J connectivity index is 2.42. The zero-order valence-corrected chi connectivity index (χ0v) is 12.6. The van der Waals surface area contributed by atoms with E-state index in [1.165, 1.54) is 12.1 Å². The molecule has 0 spiro atoms. The van der Waals surface area contributed by atoms with Gasteiger partial charge in [0.25, 0.3) is 0 Å².